The van der Waals surface area contributed by atoms with E-state index in [0.29, 0.717) is 23.6 Å². The minimum atomic E-state index is -0.276. The normalized spacial score (nSPS) is 10.5. The zero-order valence-corrected chi connectivity index (χ0v) is 15.4. The van der Waals surface area contributed by atoms with E-state index >= 15 is 0 Å². The number of ether oxygens (including phenoxy) is 3. The zero-order chi connectivity index (χ0) is 18.4. The summed E-state index contributed by atoms with van der Waals surface area (Å²) in [4.78, 5) is 16.3. The first-order valence-corrected chi connectivity index (χ1v) is 8.92. The highest BCUT2D eigenvalue weighted by atomic mass is 32.1. The molecule has 1 aromatic carbocycles. The second-order valence-corrected chi connectivity index (χ2v) is 6.31. The van der Waals surface area contributed by atoms with Crippen molar-refractivity contribution in [1.29, 1.82) is 0 Å². The fourth-order valence-corrected chi connectivity index (χ4v) is 3.18. The van der Waals surface area contributed by atoms with Crippen molar-refractivity contribution in [1.82, 2.24) is 4.98 Å². The first-order valence-electron chi connectivity index (χ1n) is 8.04. The third-order valence-electron chi connectivity index (χ3n) is 3.72. The summed E-state index contributed by atoms with van der Waals surface area (Å²) in [6, 6.07) is 9.26. The van der Waals surface area contributed by atoms with Gasteiger partial charge in [0.25, 0.3) is 0 Å². The van der Waals surface area contributed by atoms with Gasteiger partial charge in [0, 0.05) is 17.4 Å². The monoisotopic (exact) mass is 373 g/mol. The van der Waals surface area contributed by atoms with Crippen LogP contribution in [0.1, 0.15) is 17.9 Å². The summed E-state index contributed by atoms with van der Waals surface area (Å²) < 4.78 is 21.0. The lowest BCUT2D eigenvalue weighted by molar-refractivity contribution is -0.145. The molecule has 0 bridgehead atoms. The molecule has 0 unspecified atom stereocenters. The van der Waals surface area contributed by atoms with Crippen LogP contribution in [0.5, 0.6) is 11.5 Å². The lowest BCUT2D eigenvalue weighted by Gasteiger charge is -2.08. The number of carbonyl (C=O) groups excluding carboxylic acids is 1. The third-order valence-corrected chi connectivity index (χ3v) is 4.66. The smallest absolute Gasteiger partial charge is 0.306 e. The summed E-state index contributed by atoms with van der Waals surface area (Å²) in [6.07, 6.45) is 2.39. The highest BCUT2D eigenvalue weighted by Crippen LogP contribution is 2.33. The first-order chi connectivity index (χ1) is 12.7. The molecule has 3 aromatic rings. The Morgan fingerprint density at radius 1 is 1.19 bits per heavy atom. The maximum atomic E-state index is 11.8. The van der Waals surface area contributed by atoms with Gasteiger partial charge in [-0.2, -0.15) is 0 Å². The van der Waals surface area contributed by atoms with Crippen LogP contribution in [0.4, 0.5) is 0 Å². The minimum Gasteiger partial charge on any atom is -0.493 e. The van der Waals surface area contributed by atoms with Gasteiger partial charge < -0.3 is 18.6 Å². The molecule has 0 fully saturated rings. The number of esters is 1. The number of furan rings is 1. The van der Waals surface area contributed by atoms with Gasteiger partial charge in [0.2, 0.25) is 0 Å². The van der Waals surface area contributed by atoms with Crippen molar-refractivity contribution >= 4 is 17.3 Å². The number of rotatable bonds is 8. The maximum Gasteiger partial charge on any atom is 0.306 e. The molecule has 0 radical (unpaired) electrons. The van der Waals surface area contributed by atoms with Gasteiger partial charge in [-0.25, -0.2) is 4.98 Å². The van der Waals surface area contributed by atoms with E-state index in [1.807, 2.05) is 29.6 Å². The number of thiazole rings is 1. The second kappa shape index (κ2) is 8.53. The van der Waals surface area contributed by atoms with E-state index in [2.05, 4.69) is 4.98 Å². The Bertz CT molecular complexity index is 857. The van der Waals surface area contributed by atoms with Crippen molar-refractivity contribution in [3.63, 3.8) is 0 Å². The van der Waals surface area contributed by atoms with E-state index < -0.39 is 0 Å². The number of hydrogen-bond donors (Lipinski definition) is 0. The van der Waals surface area contributed by atoms with Crippen LogP contribution in [-0.4, -0.2) is 25.2 Å². The van der Waals surface area contributed by atoms with Crippen LogP contribution in [0.3, 0.4) is 0 Å². The van der Waals surface area contributed by atoms with E-state index in [1.165, 1.54) is 11.3 Å². The standard InChI is InChI=1S/C19H19NO5S/c1-22-16-7-5-13(10-17(16)23-2)19-20-14(12-26-19)11-25-18(21)8-6-15-4-3-9-24-15/h3-5,7,9-10,12H,6,8,11H2,1-2H3. The SMILES string of the molecule is COc1ccc(-c2nc(COC(=O)CCc3ccco3)cs2)cc1OC. The number of carbonyl (C=O) groups is 1. The highest BCUT2D eigenvalue weighted by Gasteiger charge is 2.11. The predicted octanol–water partition coefficient (Wildman–Crippen LogP) is 4.10. The lowest BCUT2D eigenvalue weighted by Crippen LogP contribution is -2.05. The summed E-state index contributed by atoms with van der Waals surface area (Å²) in [5, 5.41) is 2.71. The van der Waals surface area contributed by atoms with Crippen LogP contribution >= 0.6 is 11.3 Å². The molecule has 6 nitrogen and oxygen atoms in total. The average Bonchev–Trinajstić information content (AvgIpc) is 3.36. The van der Waals surface area contributed by atoms with Crippen molar-refractivity contribution in [2.24, 2.45) is 0 Å². The fraction of sp³-hybridized carbons (Fsp3) is 0.263. The van der Waals surface area contributed by atoms with Gasteiger partial charge in [0.05, 0.1) is 32.6 Å². The van der Waals surface area contributed by atoms with E-state index in [1.54, 1.807) is 26.5 Å². The quantitative estimate of drug-likeness (QED) is 0.554. The molecule has 3 rings (SSSR count). The van der Waals surface area contributed by atoms with Crippen molar-refractivity contribution in [3.8, 4) is 22.1 Å². The number of benzene rings is 1. The molecule has 0 amide bonds. The number of nitrogens with zero attached hydrogens (tertiary/aromatic N) is 1. The van der Waals surface area contributed by atoms with Gasteiger partial charge in [0.15, 0.2) is 11.5 Å². The molecule has 0 N–H and O–H groups in total. The Morgan fingerprint density at radius 2 is 2.04 bits per heavy atom. The topological polar surface area (TPSA) is 70.8 Å². The maximum absolute atomic E-state index is 11.8. The molecule has 0 atom stereocenters. The van der Waals surface area contributed by atoms with Crippen LogP contribution in [0.2, 0.25) is 0 Å². The fourth-order valence-electron chi connectivity index (χ4n) is 2.38. The molecular formula is C19H19NO5S. The Morgan fingerprint density at radius 3 is 2.77 bits per heavy atom. The van der Waals surface area contributed by atoms with Gasteiger partial charge >= 0.3 is 5.97 Å². The summed E-state index contributed by atoms with van der Waals surface area (Å²) >= 11 is 1.48. The van der Waals surface area contributed by atoms with Crippen molar-refractivity contribution in [2.45, 2.75) is 19.4 Å². The van der Waals surface area contributed by atoms with E-state index in [0.717, 1.165) is 16.3 Å². The van der Waals surface area contributed by atoms with Crippen LogP contribution < -0.4 is 9.47 Å². The number of aryl methyl sites for hydroxylation is 1. The van der Waals surface area contributed by atoms with Gasteiger partial charge in [0.1, 0.15) is 17.4 Å². The summed E-state index contributed by atoms with van der Waals surface area (Å²) in [5.41, 5.74) is 1.63. The molecule has 2 aromatic heterocycles. The summed E-state index contributed by atoms with van der Waals surface area (Å²) in [5.74, 6) is 1.80. The van der Waals surface area contributed by atoms with Crippen molar-refractivity contribution in [3.05, 3.63) is 53.4 Å². The first kappa shape index (κ1) is 18.0. The number of methoxy groups -OCH3 is 2. The number of hydrogen-bond acceptors (Lipinski definition) is 7. The third kappa shape index (κ3) is 4.43. The van der Waals surface area contributed by atoms with Gasteiger partial charge in [-0.3, -0.25) is 4.79 Å². The molecule has 7 heteroatoms. The zero-order valence-electron chi connectivity index (χ0n) is 14.6. The van der Waals surface area contributed by atoms with Crippen LogP contribution in [-0.2, 0) is 22.6 Å². The lowest BCUT2D eigenvalue weighted by atomic mass is 10.2. The largest absolute Gasteiger partial charge is 0.493 e. The van der Waals surface area contributed by atoms with Crippen molar-refractivity contribution in [2.75, 3.05) is 14.2 Å². The summed E-state index contributed by atoms with van der Waals surface area (Å²) in [6.45, 7) is 0.154. The van der Waals surface area contributed by atoms with Crippen LogP contribution in [0.25, 0.3) is 10.6 Å². The van der Waals surface area contributed by atoms with Gasteiger partial charge in [-0.1, -0.05) is 0 Å². The summed E-state index contributed by atoms with van der Waals surface area (Å²) in [7, 11) is 3.19. The molecule has 0 aliphatic heterocycles. The molecule has 0 aliphatic carbocycles. The van der Waals surface area contributed by atoms with E-state index in [4.69, 9.17) is 18.6 Å². The molecule has 0 spiro atoms. The number of aromatic nitrogens is 1. The molecule has 2 heterocycles. The molecular weight excluding hydrogens is 354 g/mol. The Labute approximate surface area is 155 Å². The average molecular weight is 373 g/mol. The Kier molecular flexibility index (Phi) is 5.91. The molecule has 0 saturated heterocycles. The Balaban J connectivity index is 1.57. The molecule has 26 heavy (non-hydrogen) atoms. The predicted molar refractivity (Wildman–Crippen MR) is 97.5 cm³/mol. The second-order valence-electron chi connectivity index (χ2n) is 5.45. The minimum absolute atomic E-state index is 0.154. The van der Waals surface area contributed by atoms with E-state index in [9.17, 15) is 4.79 Å². The molecule has 0 aliphatic rings. The highest BCUT2D eigenvalue weighted by molar-refractivity contribution is 7.13. The van der Waals surface area contributed by atoms with E-state index in [-0.39, 0.29) is 19.0 Å². The van der Waals surface area contributed by atoms with Crippen molar-refractivity contribution < 1.29 is 23.4 Å². The van der Waals surface area contributed by atoms with Crippen LogP contribution in [0.15, 0.2) is 46.4 Å². The molecule has 136 valence electrons. The van der Waals surface area contributed by atoms with Gasteiger partial charge in [-0.05, 0) is 30.3 Å². The van der Waals surface area contributed by atoms with Gasteiger partial charge in [-0.15, -0.1) is 11.3 Å². The van der Waals surface area contributed by atoms with Crippen LogP contribution in [0, 0.1) is 0 Å². The molecule has 0 saturated carbocycles. The Hall–Kier alpha value is -2.80.